The molecule has 1 aromatic heterocycles. The first kappa shape index (κ1) is 19.0. The average Bonchev–Trinajstić information content (AvgIpc) is 3.12. The van der Waals surface area contributed by atoms with Crippen molar-refractivity contribution in [2.45, 2.75) is 31.3 Å². The normalized spacial score (nSPS) is 10.8. The Morgan fingerprint density at radius 3 is 2.52 bits per heavy atom. The molecule has 0 fully saturated rings. The van der Waals surface area contributed by atoms with Gasteiger partial charge in [0.15, 0.2) is 11.0 Å². The van der Waals surface area contributed by atoms with Crippen LogP contribution in [0.25, 0.3) is 17.1 Å². The Balaban J connectivity index is 2.13. The van der Waals surface area contributed by atoms with E-state index < -0.39 is 0 Å². The van der Waals surface area contributed by atoms with Crippen molar-refractivity contribution in [1.82, 2.24) is 14.8 Å². The summed E-state index contributed by atoms with van der Waals surface area (Å²) < 4.78 is 7.36. The minimum absolute atomic E-state index is 0.365. The van der Waals surface area contributed by atoms with Crippen LogP contribution in [0.5, 0.6) is 5.75 Å². The molecule has 0 amide bonds. The van der Waals surface area contributed by atoms with Crippen LogP contribution in [0, 0.1) is 11.3 Å². The molecule has 6 heteroatoms. The first-order chi connectivity index (χ1) is 13.2. The Kier molecular flexibility index (Phi) is 6.15. The number of hydrogen-bond acceptors (Lipinski definition) is 5. The first-order valence-electron chi connectivity index (χ1n) is 8.84. The highest BCUT2D eigenvalue weighted by atomic mass is 32.2. The summed E-state index contributed by atoms with van der Waals surface area (Å²) in [4.78, 5) is 0. The molecule has 0 aliphatic rings. The van der Waals surface area contributed by atoms with Gasteiger partial charge in [-0.15, -0.1) is 10.2 Å². The number of methoxy groups -OCH3 is 1. The van der Waals surface area contributed by atoms with Gasteiger partial charge in [0.1, 0.15) is 5.75 Å². The molecule has 3 rings (SSSR count). The minimum atomic E-state index is 0.365. The van der Waals surface area contributed by atoms with Crippen molar-refractivity contribution in [3.8, 4) is 28.9 Å². The third kappa shape index (κ3) is 4.15. The zero-order chi connectivity index (χ0) is 19.2. The lowest BCUT2D eigenvalue weighted by atomic mass is 10.0. The number of aromatic nitrogens is 3. The quantitative estimate of drug-likeness (QED) is 0.424. The standard InChI is InChI=1S/C21H22N4OS/c1-15(2)18-7-4-5-8-19(18)25-20(16-9-11-17(26-3)12-10-16)23-24-21(25)27-14-6-13-22/h4-5,7-12,15H,6,14H2,1-3H3. The molecular formula is C21H22N4OS. The molecule has 0 saturated heterocycles. The van der Waals surface area contributed by atoms with Gasteiger partial charge in [0.2, 0.25) is 0 Å². The van der Waals surface area contributed by atoms with Crippen LogP contribution in [0.1, 0.15) is 31.7 Å². The van der Waals surface area contributed by atoms with Crippen molar-refractivity contribution >= 4 is 11.8 Å². The third-order valence-electron chi connectivity index (χ3n) is 4.23. The van der Waals surface area contributed by atoms with Gasteiger partial charge in [-0.2, -0.15) is 5.26 Å². The summed E-state index contributed by atoms with van der Waals surface area (Å²) >= 11 is 1.55. The van der Waals surface area contributed by atoms with Crippen LogP contribution in [-0.4, -0.2) is 27.6 Å². The van der Waals surface area contributed by atoms with E-state index in [1.165, 1.54) is 5.56 Å². The van der Waals surface area contributed by atoms with E-state index in [0.29, 0.717) is 18.1 Å². The fourth-order valence-electron chi connectivity index (χ4n) is 2.87. The van der Waals surface area contributed by atoms with E-state index in [1.54, 1.807) is 18.9 Å². The number of ether oxygens (including phenoxy) is 1. The monoisotopic (exact) mass is 378 g/mol. The zero-order valence-corrected chi connectivity index (χ0v) is 16.5. The third-order valence-corrected chi connectivity index (χ3v) is 5.16. The van der Waals surface area contributed by atoms with Gasteiger partial charge >= 0.3 is 0 Å². The van der Waals surface area contributed by atoms with Crippen LogP contribution in [0.15, 0.2) is 53.7 Å². The van der Waals surface area contributed by atoms with Gasteiger partial charge < -0.3 is 4.74 Å². The molecule has 1 heterocycles. The smallest absolute Gasteiger partial charge is 0.196 e. The highest BCUT2D eigenvalue weighted by Gasteiger charge is 2.19. The summed E-state index contributed by atoms with van der Waals surface area (Å²) in [6, 6.07) is 18.3. The summed E-state index contributed by atoms with van der Waals surface area (Å²) in [6.07, 6.45) is 0.473. The Bertz CT molecular complexity index is 942. The molecule has 5 nitrogen and oxygen atoms in total. The van der Waals surface area contributed by atoms with Crippen LogP contribution in [0.4, 0.5) is 0 Å². The van der Waals surface area contributed by atoms with E-state index in [2.05, 4.69) is 52.9 Å². The number of benzene rings is 2. The molecule has 3 aromatic rings. The molecule has 0 unspecified atom stereocenters. The first-order valence-corrected chi connectivity index (χ1v) is 9.83. The molecule has 0 bridgehead atoms. The second-order valence-corrected chi connectivity index (χ2v) is 7.40. The number of hydrogen-bond donors (Lipinski definition) is 0. The van der Waals surface area contributed by atoms with Crippen molar-refractivity contribution in [2.75, 3.05) is 12.9 Å². The Morgan fingerprint density at radius 2 is 1.85 bits per heavy atom. The van der Waals surface area contributed by atoms with Crippen molar-refractivity contribution in [3.63, 3.8) is 0 Å². The van der Waals surface area contributed by atoms with E-state index in [0.717, 1.165) is 28.0 Å². The van der Waals surface area contributed by atoms with Crippen molar-refractivity contribution in [1.29, 1.82) is 5.26 Å². The fourth-order valence-corrected chi connectivity index (χ4v) is 3.66. The van der Waals surface area contributed by atoms with Crippen LogP contribution in [-0.2, 0) is 0 Å². The second-order valence-electron chi connectivity index (χ2n) is 6.34. The minimum Gasteiger partial charge on any atom is -0.497 e. The van der Waals surface area contributed by atoms with Crippen LogP contribution in [0.2, 0.25) is 0 Å². The molecule has 0 saturated carbocycles. The van der Waals surface area contributed by atoms with Gasteiger partial charge in [-0.25, -0.2) is 0 Å². The number of rotatable bonds is 7. The maximum atomic E-state index is 8.86. The highest BCUT2D eigenvalue weighted by Crippen LogP contribution is 2.32. The van der Waals surface area contributed by atoms with E-state index in [-0.39, 0.29) is 0 Å². The highest BCUT2D eigenvalue weighted by molar-refractivity contribution is 7.99. The number of thioether (sulfide) groups is 1. The lowest BCUT2D eigenvalue weighted by molar-refractivity contribution is 0.415. The Hall–Kier alpha value is -2.78. The molecule has 0 aliphatic heterocycles. The maximum Gasteiger partial charge on any atom is 0.196 e. The lowest BCUT2D eigenvalue weighted by Crippen LogP contribution is -2.05. The molecule has 0 aliphatic carbocycles. The summed E-state index contributed by atoms with van der Waals surface area (Å²) in [6.45, 7) is 4.36. The summed E-state index contributed by atoms with van der Waals surface area (Å²) in [5.41, 5.74) is 3.27. The van der Waals surface area contributed by atoms with Gasteiger partial charge in [-0.1, -0.05) is 43.8 Å². The van der Waals surface area contributed by atoms with Gasteiger partial charge in [0.25, 0.3) is 0 Å². The molecular weight excluding hydrogens is 356 g/mol. The number of nitriles is 1. The van der Waals surface area contributed by atoms with Crippen LogP contribution >= 0.6 is 11.8 Å². The maximum absolute atomic E-state index is 8.86. The van der Waals surface area contributed by atoms with Crippen molar-refractivity contribution in [2.24, 2.45) is 0 Å². The van der Waals surface area contributed by atoms with Gasteiger partial charge in [0, 0.05) is 17.7 Å². The Morgan fingerprint density at radius 1 is 1.11 bits per heavy atom. The Labute approximate surface area is 164 Å². The van der Waals surface area contributed by atoms with Gasteiger partial charge in [-0.3, -0.25) is 4.57 Å². The summed E-state index contributed by atoms with van der Waals surface area (Å²) in [7, 11) is 1.65. The molecule has 0 spiro atoms. The average molecular weight is 379 g/mol. The van der Waals surface area contributed by atoms with Crippen LogP contribution in [0.3, 0.4) is 0 Å². The number of para-hydroxylation sites is 1. The largest absolute Gasteiger partial charge is 0.497 e. The molecule has 138 valence electrons. The van der Waals surface area contributed by atoms with E-state index in [4.69, 9.17) is 10.00 Å². The second kappa shape index (κ2) is 8.74. The summed E-state index contributed by atoms with van der Waals surface area (Å²) in [5, 5.41) is 18.5. The number of nitrogens with zero attached hydrogens (tertiary/aromatic N) is 4. The van der Waals surface area contributed by atoms with E-state index in [1.807, 2.05) is 30.3 Å². The van der Waals surface area contributed by atoms with Crippen molar-refractivity contribution in [3.05, 3.63) is 54.1 Å². The molecule has 0 radical (unpaired) electrons. The predicted octanol–water partition coefficient (Wildman–Crippen LogP) is 5.07. The molecule has 0 N–H and O–H groups in total. The molecule has 2 aromatic carbocycles. The lowest BCUT2D eigenvalue weighted by Gasteiger charge is -2.17. The fraction of sp³-hybridized carbons (Fsp3) is 0.286. The molecule has 0 atom stereocenters. The zero-order valence-electron chi connectivity index (χ0n) is 15.7. The topological polar surface area (TPSA) is 63.7 Å². The van der Waals surface area contributed by atoms with Crippen LogP contribution < -0.4 is 4.74 Å². The van der Waals surface area contributed by atoms with Gasteiger partial charge in [-0.05, 0) is 41.8 Å². The van der Waals surface area contributed by atoms with E-state index in [9.17, 15) is 0 Å². The van der Waals surface area contributed by atoms with Crippen molar-refractivity contribution < 1.29 is 4.74 Å². The summed E-state index contributed by atoms with van der Waals surface area (Å²) in [5.74, 6) is 2.63. The predicted molar refractivity (Wildman–Crippen MR) is 108 cm³/mol. The van der Waals surface area contributed by atoms with E-state index >= 15 is 0 Å². The SMILES string of the molecule is COc1ccc(-c2nnc(SCCC#N)n2-c2ccccc2C(C)C)cc1. The molecule has 27 heavy (non-hydrogen) atoms. The van der Waals surface area contributed by atoms with Gasteiger partial charge in [0.05, 0.1) is 18.9 Å².